The van der Waals surface area contributed by atoms with Crippen molar-refractivity contribution < 1.29 is 56.0 Å². The molecule has 10 atom stereocenters. The Morgan fingerprint density at radius 1 is 0.546 bits per heavy atom. The van der Waals surface area contributed by atoms with E-state index in [4.69, 9.17) is 9.47 Å². The summed E-state index contributed by atoms with van der Waals surface area (Å²) in [5.41, 5.74) is -1.12. The fourth-order valence-electron chi connectivity index (χ4n) is 12.6. The smallest absolute Gasteiger partial charge is 0.416 e. The molecule has 0 saturated carbocycles. The monoisotopic (exact) mass is 1420 g/mol. The highest BCUT2D eigenvalue weighted by molar-refractivity contribution is 7.90. The Kier molecular flexibility index (Phi) is 50.6. The number of cyclic esters (lactones) is 1. The molecule has 0 aromatic heterocycles. The van der Waals surface area contributed by atoms with E-state index in [-0.39, 0.29) is 82.6 Å². The molecule has 0 aromatic carbocycles. The molecular formula is C81H170F3N3O9S. The Labute approximate surface area is 602 Å². The second kappa shape index (κ2) is 46.2. The summed E-state index contributed by atoms with van der Waals surface area (Å²) in [7, 11) is -2.79. The van der Waals surface area contributed by atoms with Crippen molar-refractivity contribution in [3.05, 3.63) is 0 Å². The van der Waals surface area contributed by atoms with Gasteiger partial charge in [0.1, 0.15) is 15.4 Å². The molecule has 0 radical (unpaired) electrons. The first-order valence-electron chi connectivity index (χ1n) is 37.5. The molecule has 16 heteroatoms. The van der Waals surface area contributed by atoms with Crippen LogP contribution in [0.1, 0.15) is 334 Å². The van der Waals surface area contributed by atoms with Gasteiger partial charge < -0.3 is 35.0 Å². The largest absolute Gasteiger partial charge is 0.441 e. The number of alkyl halides is 3. The third-order valence-electron chi connectivity index (χ3n) is 19.8. The van der Waals surface area contributed by atoms with E-state index in [9.17, 15) is 46.5 Å². The minimum atomic E-state index is -4.54. The van der Waals surface area contributed by atoms with Crippen LogP contribution < -0.4 is 5.32 Å². The zero-order valence-electron chi connectivity index (χ0n) is 70.3. The first-order valence-corrected chi connectivity index (χ1v) is 39.5. The topological polar surface area (TPSA) is 166 Å². The second-order valence-corrected chi connectivity index (χ2v) is 40.5. The quantitative estimate of drug-likeness (QED) is 0.0774. The van der Waals surface area contributed by atoms with Crippen LogP contribution in [0.15, 0.2) is 0 Å². The summed E-state index contributed by atoms with van der Waals surface area (Å²) < 4.78 is 69.9. The van der Waals surface area contributed by atoms with Gasteiger partial charge in [0.25, 0.3) is 0 Å². The number of nitrogens with one attached hydrogen (secondary N) is 1. The van der Waals surface area contributed by atoms with E-state index in [1.807, 2.05) is 60.3 Å². The van der Waals surface area contributed by atoms with Crippen molar-refractivity contribution >= 4 is 21.8 Å². The number of hydrogen-bond donors (Lipinski definition) is 4. The van der Waals surface area contributed by atoms with E-state index < -0.39 is 21.6 Å². The highest BCUT2D eigenvalue weighted by atomic mass is 32.2. The van der Waals surface area contributed by atoms with Crippen LogP contribution >= 0.6 is 0 Å². The van der Waals surface area contributed by atoms with Gasteiger partial charge in [0.2, 0.25) is 5.91 Å². The van der Waals surface area contributed by atoms with E-state index in [1.165, 1.54) is 19.2 Å². The molecule has 2 rings (SSSR count). The van der Waals surface area contributed by atoms with Gasteiger partial charge in [-0.15, -0.1) is 0 Å². The second-order valence-electron chi connectivity index (χ2n) is 38.3. The van der Waals surface area contributed by atoms with E-state index in [0.29, 0.717) is 58.6 Å². The summed E-state index contributed by atoms with van der Waals surface area (Å²) in [4.78, 5) is 28.0. The number of amides is 2. The SMILES string of the molecule is C.CC[C@@H](C(=O)NCC(C)(C)C)C(C)(C)C.CC[C@@H](CC(C)O)C(C)(C)C.CC[C@@H](CC(C)O)C(C)(C)C.CC[C@@H](CCC(C)(O)C(F)(F)F)C(C)(C)C.CC[C@@H](CCS(C)(=O)=O)C(C)(C)C.CC[C@@H](CN1CC(C)(C)OC1=O)C(C)(C)C.CC[C@@H](CN1CCOCC1)C(C)(C)C. The number of halogens is 3. The van der Waals surface area contributed by atoms with Gasteiger partial charge >= 0.3 is 12.3 Å². The third kappa shape index (κ3) is 52.8. The van der Waals surface area contributed by atoms with Gasteiger partial charge in [0.15, 0.2) is 5.60 Å². The zero-order chi connectivity index (χ0) is 77.5. The van der Waals surface area contributed by atoms with E-state index in [1.54, 1.807) is 0 Å². The molecule has 2 fully saturated rings. The van der Waals surface area contributed by atoms with Gasteiger partial charge in [0.05, 0.1) is 37.7 Å². The average Bonchev–Trinajstić information content (AvgIpc) is 1.83. The lowest BCUT2D eigenvalue weighted by Crippen LogP contribution is -2.42. The van der Waals surface area contributed by atoms with Gasteiger partial charge in [0, 0.05) is 44.9 Å². The lowest BCUT2D eigenvalue weighted by Gasteiger charge is -2.36. The van der Waals surface area contributed by atoms with Gasteiger partial charge in [-0.3, -0.25) is 9.69 Å². The number of ether oxygens (including phenoxy) is 2. The molecule has 2 heterocycles. The molecule has 3 unspecified atom stereocenters. The van der Waals surface area contributed by atoms with Crippen LogP contribution in [0.5, 0.6) is 0 Å². The Morgan fingerprint density at radius 3 is 1.11 bits per heavy atom. The molecule has 2 amide bonds. The van der Waals surface area contributed by atoms with E-state index >= 15 is 0 Å². The minimum Gasteiger partial charge on any atom is -0.441 e. The maximum absolute atomic E-state index is 12.4. The van der Waals surface area contributed by atoms with Crippen LogP contribution in [-0.4, -0.2) is 140 Å². The van der Waals surface area contributed by atoms with Crippen molar-refractivity contribution in [1.29, 1.82) is 0 Å². The zero-order valence-corrected chi connectivity index (χ0v) is 71.1. The molecule has 590 valence electrons. The molecule has 0 bridgehead atoms. The number of aliphatic hydroxyl groups is 3. The Balaban J connectivity index is -0.000000250. The number of carbonyl (C=O) groups excluding carboxylic acids is 2. The van der Waals surface area contributed by atoms with Crippen LogP contribution in [0.4, 0.5) is 18.0 Å². The highest BCUT2D eigenvalue weighted by Crippen LogP contribution is 2.40. The predicted octanol–water partition coefficient (Wildman–Crippen LogP) is 21.8. The Bertz CT molecular complexity index is 2090. The van der Waals surface area contributed by atoms with Crippen molar-refractivity contribution in [2.45, 2.75) is 363 Å². The molecule has 2 aliphatic rings. The number of aliphatic hydroxyl groups excluding tert-OH is 2. The first-order chi connectivity index (χ1) is 42.6. The van der Waals surface area contributed by atoms with Crippen LogP contribution in [0.25, 0.3) is 0 Å². The van der Waals surface area contributed by atoms with Gasteiger partial charge in [-0.2, -0.15) is 13.2 Å². The van der Waals surface area contributed by atoms with Crippen molar-refractivity contribution in [2.24, 2.45) is 84.7 Å². The molecule has 4 N–H and O–H groups in total. The fraction of sp³-hybridized carbons (Fsp3) is 0.975. The summed E-state index contributed by atoms with van der Waals surface area (Å²) in [6, 6.07) is 0. The van der Waals surface area contributed by atoms with E-state index in [2.05, 4.69) is 197 Å². The standard InChI is InChI=1S/C13H25NO2.C13H27NO.C12H23F3O.C12H25NO.C10H22O2S.2C10H22O.CH4/c1-7-10(12(2,3)4)8-14-9-13(5,6)16-11(14)15;1-8-10(13(5,6)7)11(15)14-9-12(2,3)4;1-6-9(10(2,3)4)7-8-11(5,16)12(13,14)15;1-5-11(12(2,3)4)10-13-6-8-14-9-7-13;1-6-9(10(2,3)4)7-8-13(5,11)12;2*1-6-9(7-8(2)11)10(3,4)5;/h10H,7-9H2,1-6H3;10H,8-9H2,1-7H3,(H,14,15);9,16H,6-8H2,1-5H3;11H,5-10H2,1-4H3;9H,6-8H2,1-5H3;2*8-9,11H,6-7H2,1-5H3;1H4/t2*10-;9-,11?;11-;9-;2*8?,9-;/m0000000./s1. The normalized spacial score (nSPS) is 18.5. The number of sulfone groups is 1. The van der Waals surface area contributed by atoms with E-state index in [0.717, 1.165) is 110 Å². The number of carbonyl (C=O) groups is 2. The Hall–Kier alpha value is -1.72. The van der Waals surface area contributed by atoms with Crippen LogP contribution in [0, 0.1) is 84.7 Å². The third-order valence-corrected chi connectivity index (χ3v) is 20.7. The van der Waals surface area contributed by atoms with Crippen molar-refractivity contribution in [3.8, 4) is 0 Å². The summed E-state index contributed by atoms with van der Waals surface area (Å²) in [5.74, 6) is 3.94. The number of hydrogen-bond acceptors (Lipinski definition) is 10. The molecule has 0 aliphatic carbocycles. The highest BCUT2D eigenvalue weighted by Gasteiger charge is 2.50. The molecule has 2 aliphatic heterocycles. The summed E-state index contributed by atoms with van der Waals surface area (Å²) in [6.45, 7) is 83.6. The summed E-state index contributed by atoms with van der Waals surface area (Å²) in [6.07, 6.45) is 6.60. The molecule has 12 nitrogen and oxygen atoms in total. The molecule has 97 heavy (non-hydrogen) atoms. The number of nitrogens with zero attached hydrogens (tertiary/aromatic N) is 2. The summed E-state index contributed by atoms with van der Waals surface area (Å²) in [5, 5.41) is 30.8. The van der Waals surface area contributed by atoms with Crippen LogP contribution in [0.2, 0.25) is 0 Å². The first kappa shape index (κ1) is 106. The van der Waals surface area contributed by atoms with Crippen LogP contribution in [-0.2, 0) is 24.1 Å². The van der Waals surface area contributed by atoms with Gasteiger partial charge in [-0.25, -0.2) is 13.2 Å². The lowest BCUT2D eigenvalue weighted by molar-refractivity contribution is -0.256. The lowest BCUT2D eigenvalue weighted by atomic mass is 9.75. The molecule has 2 saturated heterocycles. The van der Waals surface area contributed by atoms with Gasteiger partial charge in [-0.05, 0) is 152 Å². The average molecular weight is 1420 g/mol. The van der Waals surface area contributed by atoms with Crippen molar-refractivity contribution in [3.63, 3.8) is 0 Å². The van der Waals surface area contributed by atoms with Crippen molar-refractivity contribution in [2.75, 3.05) is 64.5 Å². The van der Waals surface area contributed by atoms with Crippen LogP contribution in [0.3, 0.4) is 0 Å². The molecule has 0 spiro atoms. The molecule has 0 aromatic rings. The maximum atomic E-state index is 12.4. The summed E-state index contributed by atoms with van der Waals surface area (Å²) >= 11 is 0. The number of morpholine rings is 1. The minimum absolute atomic E-state index is 0. The fourth-order valence-corrected chi connectivity index (χ4v) is 13.3. The van der Waals surface area contributed by atoms with Crippen molar-refractivity contribution in [1.82, 2.24) is 15.1 Å². The number of rotatable bonds is 23. The maximum Gasteiger partial charge on any atom is 0.416 e. The Morgan fingerprint density at radius 2 is 0.876 bits per heavy atom. The predicted molar refractivity (Wildman–Crippen MR) is 414 cm³/mol. The van der Waals surface area contributed by atoms with Gasteiger partial charge in [-0.1, -0.05) is 261 Å². The molecular weight excluding hydrogens is 1250 g/mol.